The predicted molar refractivity (Wildman–Crippen MR) is 86.4 cm³/mol. The molecular weight excluding hydrogens is 336 g/mol. The Balaban J connectivity index is 2.68. The highest BCUT2D eigenvalue weighted by Gasteiger charge is 2.24. The number of nitrogens with zero attached hydrogens (tertiary/aromatic N) is 1. The molecule has 1 aromatic carbocycles. The van der Waals surface area contributed by atoms with Gasteiger partial charge in [-0.25, -0.2) is 0 Å². The van der Waals surface area contributed by atoms with Gasteiger partial charge in [0.25, 0.3) is 0 Å². The first-order valence-electron chi connectivity index (χ1n) is 6.71. The molecule has 0 saturated carbocycles. The molecule has 0 aliphatic rings. The summed E-state index contributed by atoms with van der Waals surface area (Å²) in [5, 5.41) is 11.6. The molecule has 21 heavy (non-hydrogen) atoms. The van der Waals surface area contributed by atoms with Crippen LogP contribution in [0.15, 0.2) is 28.7 Å². The first-order chi connectivity index (χ1) is 9.70. The second-order valence-electron chi connectivity index (χ2n) is 5.76. The third-order valence-electron chi connectivity index (χ3n) is 3.03. The number of carboxylic acid groups (broad SMARTS) is 1. The number of halogens is 1. The van der Waals surface area contributed by atoms with E-state index in [1.807, 2.05) is 43.9 Å². The third kappa shape index (κ3) is 6.27. The number of amides is 1. The van der Waals surface area contributed by atoms with E-state index in [0.29, 0.717) is 12.2 Å². The number of para-hydroxylation sites is 1. The summed E-state index contributed by atoms with van der Waals surface area (Å²) >= 11 is 3.37. The highest BCUT2D eigenvalue weighted by molar-refractivity contribution is 9.10. The van der Waals surface area contributed by atoms with Gasteiger partial charge in [-0.15, -0.1) is 0 Å². The molecule has 116 valence electrons. The fourth-order valence-electron chi connectivity index (χ4n) is 1.81. The van der Waals surface area contributed by atoms with Gasteiger partial charge in [-0.05, 0) is 48.8 Å². The number of carboxylic acids is 1. The number of rotatable bonds is 6. The van der Waals surface area contributed by atoms with Crippen LogP contribution in [-0.2, 0) is 9.59 Å². The van der Waals surface area contributed by atoms with E-state index in [2.05, 4.69) is 21.2 Å². The molecule has 2 N–H and O–H groups in total. The number of hydrogen-bond acceptors (Lipinski definition) is 3. The molecule has 0 fully saturated rings. The molecule has 1 aromatic rings. The molecule has 0 aliphatic carbocycles. The third-order valence-corrected chi connectivity index (χ3v) is 3.72. The van der Waals surface area contributed by atoms with Crippen molar-refractivity contribution in [2.75, 3.05) is 18.4 Å². The molecule has 0 bridgehead atoms. The topological polar surface area (TPSA) is 69.6 Å². The highest BCUT2D eigenvalue weighted by atomic mass is 79.9. The molecule has 0 unspecified atom stereocenters. The van der Waals surface area contributed by atoms with Gasteiger partial charge >= 0.3 is 5.97 Å². The van der Waals surface area contributed by atoms with Crippen molar-refractivity contribution in [1.29, 1.82) is 0 Å². The molecule has 0 radical (unpaired) electrons. The van der Waals surface area contributed by atoms with Crippen LogP contribution in [0, 0.1) is 0 Å². The average molecular weight is 357 g/mol. The van der Waals surface area contributed by atoms with Gasteiger partial charge in [0.2, 0.25) is 5.91 Å². The van der Waals surface area contributed by atoms with Crippen LogP contribution in [-0.4, -0.2) is 40.5 Å². The fraction of sp³-hybridized carbons (Fsp3) is 0.467. The molecule has 0 saturated heterocycles. The smallest absolute Gasteiger partial charge is 0.304 e. The summed E-state index contributed by atoms with van der Waals surface area (Å²) in [5.41, 5.74) is 0.426. The number of carbonyl (C=O) groups excluding carboxylic acids is 1. The Labute approximate surface area is 133 Å². The minimum absolute atomic E-state index is 0.0135. The van der Waals surface area contributed by atoms with Crippen molar-refractivity contribution in [2.24, 2.45) is 0 Å². The van der Waals surface area contributed by atoms with E-state index in [-0.39, 0.29) is 24.4 Å². The zero-order valence-electron chi connectivity index (χ0n) is 12.5. The molecular formula is C15H21BrN2O3. The summed E-state index contributed by atoms with van der Waals surface area (Å²) in [5.74, 6) is -1.03. The van der Waals surface area contributed by atoms with Crippen LogP contribution in [0.3, 0.4) is 0 Å². The summed E-state index contributed by atoms with van der Waals surface area (Å²) in [6.45, 7) is 6.36. The number of hydrogen-bond donors (Lipinski definition) is 2. The van der Waals surface area contributed by atoms with Gasteiger partial charge in [0.05, 0.1) is 18.7 Å². The number of benzene rings is 1. The summed E-state index contributed by atoms with van der Waals surface area (Å²) in [6.07, 6.45) is 0.0135. The van der Waals surface area contributed by atoms with Crippen molar-refractivity contribution < 1.29 is 14.7 Å². The van der Waals surface area contributed by atoms with E-state index in [9.17, 15) is 9.59 Å². The van der Waals surface area contributed by atoms with Crippen LogP contribution in [0.25, 0.3) is 0 Å². The molecule has 1 amide bonds. The van der Waals surface area contributed by atoms with Crippen molar-refractivity contribution in [2.45, 2.75) is 32.7 Å². The Bertz CT molecular complexity index is 512. The average Bonchev–Trinajstić information content (AvgIpc) is 2.35. The summed E-state index contributed by atoms with van der Waals surface area (Å²) in [6, 6.07) is 7.36. The number of aliphatic carboxylic acids is 1. The molecule has 0 spiro atoms. The Morgan fingerprint density at radius 3 is 2.43 bits per heavy atom. The Morgan fingerprint density at radius 1 is 1.29 bits per heavy atom. The number of nitrogens with one attached hydrogen (secondary N) is 1. The molecule has 1 rings (SSSR count). The van der Waals surface area contributed by atoms with E-state index in [1.165, 1.54) is 0 Å². The van der Waals surface area contributed by atoms with Crippen molar-refractivity contribution in [3.8, 4) is 0 Å². The van der Waals surface area contributed by atoms with Crippen LogP contribution < -0.4 is 5.32 Å². The second kappa shape index (κ2) is 7.56. The van der Waals surface area contributed by atoms with E-state index < -0.39 is 5.97 Å². The highest BCUT2D eigenvalue weighted by Crippen LogP contribution is 2.21. The van der Waals surface area contributed by atoms with E-state index in [4.69, 9.17) is 5.11 Å². The van der Waals surface area contributed by atoms with E-state index in [1.54, 1.807) is 6.07 Å². The lowest BCUT2D eigenvalue weighted by atomic mass is 10.1. The maximum absolute atomic E-state index is 12.1. The fourth-order valence-corrected chi connectivity index (χ4v) is 2.19. The predicted octanol–water partition coefficient (Wildman–Crippen LogP) is 2.96. The molecule has 5 nitrogen and oxygen atoms in total. The van der Waals surface area contributed by atoms with Crippen molar-refractivity contribution in [3.05, 3.63) is 28.7 Å². The normalized spacial score (nSPS) is 11.5. The zero-order valence-corrected chi connectivity index (χ0v) is 14.1. The summed E-state index contributed by atoms with van der Waals surface area (Å²) in [4.78, 5) is 24.7. The number of carbonyl (C=O) groups is 2. The van der Waals surface area contributed by atoms with Gasteiger partial charge in [-0.1, -0.05) is 12.1 Å². The van der Waals surface area contributed by atoms with Crippen LogP contribution in [0.2, 0.25) is 0 Å². The van der Waals surface area contributed by atoms with E-state index in [0.717, 1.165) is 4.47 Å². The van der Waals surface area contributed by atoms with E-state index >= 15 is 0 Å². The maximum atomic E-state index is 12.1. The molecule has 0 heterocycles. The Morgan fingerprint density at radius 2 is 1.90 bits per heavy atom. The lowest BCUT2D eigenvalue weighted by molar-refractivity contribution is -0.138. The zero-order chi connectivity index (χ0) is 16.0. The monoisotopic (exact) mass is 356 g/mol. The number of anilines is 1. The first-order valence-corrected chi connectivity index (χ1v) is 7.50. The second-order valence-corrected chi connectivity index (χ2v) is 6.62. The maximum Gasteiger partial charge on any atom is 0.304 e. The summed E-state index contributed by atoms with van der Waals surface area (Å²) in [7, 11) is 0. The van der Waals surface area contributed by atoms with Crippen LogP contribution >= 0.6 is 15.9 Å². The van der Waals surface area contributed by atoms with Crippen LogP contribution in [0.5, 0.6) is 0 Å². The standard InChI is InChI=1S/C15H21BrN2O3/c1-15(2,3)18(9-8-14(20)21)10-13(19)17-12-7-5-4-6-11(12)16/h4-7H,8-10H2,1-3H3,(H,17,19)(H,20,21). The van der Waals surface area contributed by atoms with Crippen molar-refractivity contribution in [3.63, 3.8) is 0 Å². The van der Waals surface area contributed by atoms with Gasteiger partial charge in [0, 0.05) is 16.6 Å². The van der Waals surface area contributed by atoms with Gasteiger partial charge in [0.15, 0.2) is 0 Å². The Hall–Kier alpha value is -1.40. The molecule has 0 aromatic heterocycles. The first kappa shape index (κ1) is 17.7. The SMILES string of the molecule is CC(C)(C)N(CCC(=O)O)CC(=O)Nc1ccccc1Br. The Kier molecular flexibility index (Phi) is 6.36. The van der Waals surface area contributed by atoms with Gasteiger partial charge in [-0.3, -0.25) is 14.5 Å². The minimum Gasteiger partial charge on any atom is -0.481 e. The summed E-state index contributed by atoms with van der Waals surface area (Å²) < 4.78 is 0.811. The van der Waals surface area contributed by atoms with Crippen molar-refractivity contribution in [1.82, 2.24) is 4.90 Å². The molecule has 6 heteroatoms. The van der Waals surface area contributed by atoms with Gasteiger partial charge < -0.3 is 10.4 Å². The lowest BCUT2D eigenvalue weighted by Crippen LogP contribution is -2.46. The molecule has 0 atom stereocenters. The van der Waals surface area contributed by atoms with Crippen molar-refractivity contribution >= 4 is 33.5 Å². The van der Waals surface area contributed by atoms with Gasteiger partial charge in [0.1, 0.15) is 0 Å². The van der Waals surface area contributed by atoms with Gasteiger partial charge in [-0.2, -0.15) is 0 Å². The minimum atomic E-state index is -0.865. The van der Waals surface area contributed by atoms with Crippen LogP contribution in [0.1, 0.15) is 27.2 Å². The lowest BCUT2D eigenvalue weighted by Gasteiger charge is -2.34. The quantitative estimate of drug-likeness (QED) is 0.821. The molecule has 0 aliphatic heterocycles. The van der Waals surface area contributed by atoms with Crippen LogP contribution in [0.4, 0.5) is 5.69 Å². The largest absolute Gasteiger partial charge is 0.481 e.